The maximum Gasteiger partial charge on any atom is 0.349 e. The molecule has 2 fully saturated rings. The van der Waals surface area contributed by atoms with Crippen molar-refractivity contribution in [3.8, 4) is 6.07 Å². The molecule has 39 heavy (non-hydrogen) atoms. The molecule has 2 aliphatic rings. The lowest BCUT2D eigenvalue weighted by molar-refractivity contribution is -0.0796. The highest BCUT2D eigenvalue weighted by Crippen LogP contribution is 2.56. The van der Waals surface area contributed by atoms with E-state index in [0.717, 1.165) is 0 Å². The number of anilines is 1. The third kappa shape index (κ3) is 4.85. The first kappa shape index (κ1) is 30.1. The van der Waals surface area contributed by atoms with Crippen LogP contribution >= 0.6 is 0 Å². The Morgan fingerprint density at radius 2 is 1.69 bits per heavy atom. The maximum absolute atomic E-state index is 10.2. The fourth-order valence-corrected chi connectivity index (χ4v) is 12.0. The van der Waals surface area contributed by atoms with Crippen molar-refractivity contribution in [3.05, 3.63) is 12.2 Å². The van der Waals surface area contributed by atoms with Crippen molar-refractivity contribution in [3.63, 3.8) is 0 Å². The Hall–Kier alpha value is -1.89. The van der Waals surface area contributed by atoms with Crippen molar-refractivity contribution in [2.24, 2.45) is 0 Å². The van der Waals surface area contributed by atoms with Gasteiger partial charge in [0.2, 0.25) is 5.82 Å². The summed E-state index contributed by atoms with van der Waals surface area (Å²) in [6.07, 6.45) is -0.346. The minimum Gasteiger partial charge on any atom is -0.407 e. The van der Waals surface area contributed by atoms with Crippen LogP contribution in [0.4, 0.5) is 5.82 Å². The number of aromatic nitrogens is 4. The van der Waals surface area contributed by atoms with Crippen LogP contribution in [0.1, 0.15) is 74.4 Å². The standard InChI is InChI=1S/C27H46N6O4Si2/c1-25(2,3)38(12,13)36-21-20-17(15-34-39(37-20,26(4,5)6)27(7,8)9)35-24(21)33-18(14-28)31-19-22(32(10)11)29-16-30-23(19)33/h16-17,20-21,24H,15H2,1-13H3/t17-,20-,21+,24-/m1/s1. The molecule has 0 radical (unpaired) electrons. The van der Waals surface area contributed by atoms with Crippen LogP contribution in [0.3, 0.4) is 0 Å². The van der Waals surface area contributed by atoms with Crippen LogP contribution in [-0.4, -0.2) is 75.4 Å². The molecule has 216 valence electrons. The van der Waals surface area contributed by atoms with Crippen LogP contribution < -0.4 is 4.90 Å². The minimum absolute atomic E-state index is 0.0430. The molecule has 0 amide bonds. The quantitative estimate of drug-likeness (QED) is 0.437. The molecule has 12 heteroatoms. The fraction of sp³-hybridized carbons (Fsp3) is 0.778. The molecule has 0 aliphatic carbocycles. The molecule has 0 N–H and O–H groups in total. The molecule has 2 saturated heterocycles. The van der Waals surface area contributed by atoms with Crippen LogP contribution in [-0.2, 0) is 18.0 Å². The molecular weight excluding hydrogens is 529 g/mol. The van der Waals surface area contributed by atoms with Crippen molar-refractivity contribution in [1.29, 1.82) is 5.26 Å². The zero-order chi connectivity index (χ0) is 29.3. The van der Waals surface area contributed by atoms with E-state index in [-0.39, 0.29) is 33.1 Å². The SMILES string of the molecule is CN(C)c1ncnc2c1nc(C#N)n2[C@@H]1O[C@@H]2CO[Si](C(C)(C)C)(C(C)(C)C)O[C@H]2[C@@H]1O[Si](C)(C)C(C)(C)C. The lowest BCUT2D eigenvalue weighted by Crippen LogP contribution is -2.66. The summed E-state index contributed by atoms with van der Waals surface area (Å²) in [5, 5.41) is 9.75. The Labute approximate surface area is 235 Å². The molecule has 0 saturated carbocycles. The second kappa shape index (κ2) is 9.60. The second-order valence-electron chi connectivity index (χ2n) is 14.6. The van der Waals surface area contributed by atoms with E-state index in [4.69, 9.17) is 18.0 Å². The molecular formula is C27H46N6O4Si2. The molecule has 2 aliphatic heterocycles. The molecule has 4 atom stereocenters. The number of hydrogen-bond donors (Lipinski definition) is 0. The van der Waals surface area contributed by atoms with Gasteiger partial charge in [-0.2, -0.15) is 5.26 Å². The van der Waals surface area contributed by atoms with Crippen LogP contribution in [0.2, 0.25) is 28.2 Å². The van der Waals surface area contributed by atoms with Gasteiger partial charge in [0.05, 0.1) is 6.61 Å². The average Bonchev–Trinajstić information content (AvgIpc) is 3.33. The lowest BCUT2D eigenvalue weighted by Gasteiger charge is -2.54. The van der Waals surface area contributed by atoms with Crippen LogP contribution in [0, 0.1) is 11.3 Å². The van der Waals surface area contributed by atoms with Crippen molar-refractivity contribution >= 4 is 33.9 Å². The van der Waals surface area contributed by atoms with E-state index in [1.54, 1.807) is 4.57 Å². The summed E-state index contributed by atoms with van der Waals surface area (Å²) in [6.45, 7) is 24.8. The molecule has 0 bridgehead atoms. The van der Waals surface area contributed by atoms with Gasteiger partial charge in [-0.3, -0.25) is 4.57 Å². The van der Waals surface area contributed by atoms with Crippen molar-refractivity contribution in [1.82, 2.24) is 19.5 Å². The van der Waals surface area contributed by atoms with Gasteiger partial charge in [0.25, 0.3) is 0 Å². The van der Waals surface area contributed by atoms with Gasteiger partial charge in [0.1, 0.15) is 30.7 Å². The predicted octanol–water partition coefficient (Wildman–Crippen LogP) is 5.51. The normalized spacial score (nSPS) is 25.9. The van der Waals surface area contributed by atoms with E-state index < -0.39 is 29.2 Å². The highest BCUT2D eigenvalue weighted by molar-refractivity contribution is 6.74. The van der Waals surface area contributed by atoms with Crippen molar-refractivity contribution in [2.45, 2.75) is 115 Å². The van der Waals surface area contributed by atoms with E-state index in [1.807, 2.05) is 19.0 Å². The summed E-state index contributed by atoms with van der Waals surface area (Å²) in [5.41, 5.74) is 1.09. The highest BCUT2D eigenvalue weighted by atomic mass is 28.4. The number of ether oxygens (including phenoxy) is 1. The first-order valence-electron chi connectivity index (χ1n) is 13.7. The van der Waals surface area contributed by atoms with Gasteiger partial charge < -0.3 is 22.9 Å². The summed E-state index contributed by atoms with van der Waals surface area (Å²) < 4.78 is 29.6. The minimum atomic E-state index is -2.82. The largest absolute Gasteiger partial charge is 0.407 e. The van der Waals surface area contributed by atoms with Crippen LogP contribution in [0.25, 0.3) is 11.2 Å². The smallest absolute Gasteiger partial charge is 0.349 e. The Balaban J connectivity index is 1.90. The summed E-state index contributed by atoms with van der Waals surface area (Å²) in [7, 11) is -1.33. The van der Waals surface area contributed by atoms with Crippen LogP contribution in [0.15, 0.2) is 6.33 Å². The average molecular weight is 575 g/mol. The zero-order valence-electron chi connectivity index (χ0n) is 25.9. The lowest BCUT2D eigenvalue weighted by atomic mass is 10.1. The van der Waals surface area contributed by atoms with E-state index in [2.05, 4.69) is 96.4 Å². The van der Waals surface area contributed by atoms with Gasteiger partial charge in [0.15, 0.2) is 31.5 Å². The van der Waals surface area contributed by atoms with E-state index in [9.17, 15) is 5.26 Å². The Morgan fingerprint density at radius 3 is 2.21 bits per heavy atom. The van der Waals surface area contributed by atoms with Crippen LogP contribution in [0.5, 0.6) is 0 Å². The number of nitrogens with zero attached hydrogens (tertiary/aromatic N) is 6. The molecule has 10 nitrogen and oxygen atoms in total. The summed E-state index contributed by atoms with van der Waals surface area (Å²) in [5.74, 6) is 0.844. The van der Waals surface area contributed by atoms with E-state index >= 15 is 0 Å². The van der Waals surface area contributed by atoms with Gasteiger partial charge in [-0.15, -0.1) is 0 Å². The molecule has 2 aromatic heterocycles. The van der Waals surface area contributed by atoms with Gasteiger partial charge in [-0.05, 0) is 18.1 Å². The Bertz CT molecular complexity index is 1250. The number of imidazole rings is 1. The molecule has 0 aromatic carbocycles. The monoisotopic (exact) mass is 574 g/mol. The Morgan fingerprint density at radius 1 is 1.08 bits per heavy atom. The summed E-state index contributed by atoms with van der Waals surface area (Å²) in [4.78, 5) is 15.5. The third-order valence-electron chi connectivity index (χ3n) is 8.49. The number of rotatable bonds is 4. The first-order chi connectivity index (χ1) is 17.8. The number of hydrogen-bond acceptors (Lipinski definition) is 9. The number of nitriles is 1. The van der Waals surface area contributed by atoms with Gasteiger partial charge in [-0.1, -0.05) is 62.3 Å². The molecule has 4 rings (SSSR count). The molecule has 2 aromatic rings. The van der Waals surface area contributed by atoms with E-state index in [1.165, 1.54) is 6.33 Å². The third-order valence-corrected chi connectivity index (χ3v) is 18.1. The second-order valence-corrected chi connectivity index (χ2v) is 24.1. The topological polar surface area (TPSA) is 108 Å². The predicted molar refractivity (Wildman–Crippen MR) is 156 cm³/mol. The summed E-state index contributed by atoms with van der Waals surface area (Å²) in [6, 6.07) is 2.27. The van der Waals surface area contributed by atoms with Gasteiger partial charge >= 0.3 is 8.56 Å². The number of fused-ring (bicyclic) bond motifs is 2. The first-order valence-corrected chi connectivity index (χ1v) is 18.4. The molecule has 4 heterocycles. The highest BCUT2D eigenvalue weighted by Gasteiger charge is 2.66. The van der Waals surface area contributed by atoms with Crippen molar-refractivity contribution in [2.75, 3.05) is 25.6 Å². The molecule has 0 unspecified atom stereocenters. The maximum atomic E-state index is 10.2. The molecule has 0 spiro atoms. The van der Waals surface area contributed by atoms with Crippen molar-refractivity contribution < 1.29 is 18.0 Å². The fourth-order valence-electron chi connectivity index (χ4n) is 5.72. The van der Waals surface area contributed by atoms with Gasteiger partial charge in [-0.25, -0.2) is 15.0 Å². The Kier molecular flexibility index (Phi) is 7.40. The van der Waals surface area contributed by atoms with Gasteiger partial charge in [0, 0.05) is 24.2 Å². The zero-order valence-corrected chi connectivity index (χ0v) is 27.9. The summed E-state index contributed by atoms with van der Waals surface area (Å²) >= 11 is 0. The van der Waals surface area contributed by atoms with E-state index in [0.29, 0.717) is 23.6 Å².